The smallest absolute Gasteiger partial charge is 0.206 e. The van der Waals surface area contributed by atoms with Gasteiger partial charge >= 0.3 is 0 Å². The Hall–Kier alpha value is -1.95. The van der Waals surface area contributed by atoms with Crippen molar-refractivity contribution in [2.75, 3.05) is 18.5 Å². The fourth-order valence-corrected chi connectivity index (χ4v) is 2.96. The number of hydrogen-bond donors (Lipinski definition) is 1. The SMILES string of the molecule is CCCCNc1nnc(-c2cc(C)c(OCC=O)c(C)c2)s1. The van der Waals surface area contributed by atoms with Gasteiger partial charge in [0, 0.05) is 12.1 Å². The summed E-state index contributed by atoms with van der Waals surface area (Å²) in [6, 6.07) is 4.03. The van der Waals surface area contributed by atoms with Crippen LogP contribution in [0, 0.1) is 13.8 Å². The Morgan fingerprint density at radius 1 is 1.27 bits per heavy atom. The molecule has 0 fully saturated rings. The number of aldehydes is 1. The van der Waals surface area contributed by atoms with Crippen molar-refractivity contribution in [3.8, 4) is 16.3 Å². The lowest BCUT2D eigenvalue weighted by atomic mass is 10.1. The van der Waals surface area contributed by atoms with Crippen LogP contribution in [0.4, 0.5) is 5.13 Å². The third-order valence-corrected chi connectivity index (χ3v) is 4.16. The third kappa shape index (κ3) is 4.04. The molecular formula is C16H21N3O2S. The fourth-order valence-electron chi connectivity index (χ4n) is 2.20. The lowest BCUT2D eigenvalue weighted by Crippen LogP contribution is -2.01. The van der Waals surface area contributed by atoms with Crippen molar-refractivity contribution in [3.63, 3.8) is 0 Å². The minimum Gasteiger partial charge on any atom is -0.486 e. The predicted molar refractivity (Wildman–Crippen MR) is 89.8 cm³/mol. The van der Waals surface area contributed by atoms with E-state index in [9.17, 15) is 4.79 Å². The summed E-state index contributed by atoms with van der Waals surface area (Å²) in [6.07, 6.45) is 3.03. The maximum Gasteiger partial charge on any atom is 0.206 e. The van der Waals surface area contributed by atoms with Crippen LogP contribution in [0.5, 0.6) is 5.75 Å². The molecule has 6 heteroatoms. The number of ether oxygens (including phenoxy) is 1. The van der Waals surface area contributed by atoms with E-state index in [1.54, 1.807) is 11.3 Å². The molecule has 0 saturated heterocycles. The average Bonchev–Trinajstić information content (AvgIpc) is 2.95. The van der Waals surface area contributed by atoms with Gasteiger partial charge in [0.05, 0.1) is 0 Å². The van der Waals surface area contributed by atoms with Gasteiger partial charge in [-0.2, -0.15) is 0 Å². The number of carbonyl (C=O) groups excluding carboxylic acids is 1. The van der Waals surface area contributed by atoms with E-state index >= 15 is 0 Å². The highest BCUT2D eigenvalue weighted by Crippen LogP contribution is 2.32. The largest absolute Gasteiger partial charge is 0.486 e. The number of benzene rings is 1. The summed E-state index contributed by atoms with van der Waals surface area (Å²) in [5.74, 6) is 0.765. The van der Waals surface area contributed by atoms with Crippen LogP contribution in [0.15, 0.2) is 12.1 Å². The van der Waals surface area contributed by atoms with Crippen LogP contribution in [0.2, 0.25) is 0 Å². The van der Waals surface area contributed by atoms with Crippen molar-refractivity contribution in [1.82, 2.24) is 10.2 Å². The Morgan fingerprint density at radius 2 is 2.00 bits per heavy atom. The lowest BCUT2D eigenvalue weighted by Gasteiger charge is -2.11. The fraction of sp³-hybridized carbons (Fsp3) is 0.438. The van der Waals surface area contributed by atoms with Crippen molar-refractivity contribution in [1.29, 1.82) is 0 Å². The minimum atomic E-state index is 0.0747. The molecule has 1 aromatic heterocycles. The number of carbonyl (C=O) groups is 1. The van der Waals surface area contributed by atoms with E-state index in [1.165, 1.54) is 0 Å². The van der Waals surface area contributed by atoms with Gasteiger partial charge in [-0.15, -0.1) is 10.2 Å². The van der Waals surface area contributed by atoms with Crippen LogP contribution in [0.25, 0.3) is 10.6 Å². The van der Waals surface area contributed by atoms with Gasteiger partial charge in [0.1, 0.15) is 17.4 Å². The van der Waals surface area contributed by atoms with Crippen molar-refractivity contribution in [2.45, 2.75) is 33.6 Å². The van der Waals surface area contributed by atoms with E-state index in [2.05, 4.69) is 22.4 Å². The Balaban J connectivity index is 2.17. The molecule has 1 heterocycles. The van der Waals surface area contributed by atoms with Gasteiger partial charge in [0.25, 0.3) is 0 Å². The average molecular weight is 319 g/mol. The highest BCUT2D eigenvalue weighted by molar-refractivity contribution is 7.18. The molecule has 2 aromatic rings. The monoisotopic (exact) mass is 319 g/mol. The molecule has 0 radical (unpaired) electrons. The number of unbranched alkanes of at least 4 members (excludes halogenated alkanes) is 1. The van der Waals surface area contributed by atoms with Gasteiger partial charge in [-0.3, -0.25) is 4.79 Å². The van der Waals surface area contributed by atoms with Crippen molar-refractivity contribution in [3.05, 3.63) is 23.3 Å². The Labute approximate surface area is 134 Å². The van der Waals surface area contributed by atoms with E-state index in [-0.39, 0.29) is 6.61 Å². The maximum absolute atomic E-state index is 10.5. The Kier molecular flexibility index (Phi) is 5.89. The number of aryl methyl sites for hydroxylation is 2. The van der Waals surface area contributed by atoms with E-state index in [1.807, 2.05) is 26.0 Å². The van der Waals surface area contributed by atoms with Gasteiger partial charge in [-0.1, -0.05) is 24.7 Å². The second kappa shape index (κ2) is 7.89. The number of rotatable bonds is 8. The van der Waals surface area contributed by atoms with E-state index in [0.29, 0.717) is 0 Å². The molecule has 0 bridgehead atoms. The molecular weight excluding hydrogens is 298 g/mol. The summed E-state index contributed by atoms with van der Waals surface area (Å²) in [5.41, 5.74) is 3.01. The molecule has 0 aliphatic heterocycles. The van der Waals surface area contributed by atoms with Gasteiger partial charge < -0.3 is 10.1 Å². The third-order valence-electron chi connectivity index (χ3n) is 3.23. The standard InChI is InChI=1S/C16H21N3O2S/c1-4-5-6-17-16-19-18-15(22-16)13-9-11(2)14(12(3)10-13)21-8-7-20/h7,9-10H,4-6,8H2,1-3H3,(H,17,19). The molecule has 1 N–H and O–H groups in total. The summed E-state index contributed by atoms with van der Waals surface area (Å²) in [7, 11) is 0. The molecule has 2 rings (SSSR count). The molecule has 0 atom stereocenters. The highest BCUT2D eigenvalue weighted by atomic mass is 32.1. The number of aromatic nitrogens is 2. The quantitative estimate of drug-likeness (QED) is 0.595. The zero-order chi connectivity index (χ0) is 15.9. The predicted octanol–water partition coefficient (Wildman–Crippen LogP) is 3.61. The molecule has 0 aliphatic rings. The molecule has 0 spiro atoms. The van der Waals surface area contributed by atoms with Gasteiger partial charge in [-0.25, -0.2) is 0 Å². The number of hydrogen-bond acceptors (Lipinski definition) is 6. The number of anilines is 1. The molecule has 1 aromatic carbocycles. The van der Waals surface area contributed by atoms with E-state index in [4.69, 9.17) is 4.74 Å². The number of nitrogens with zero attached hydrogens (tertiary/aromatic N) is 2. The van der Waals surface area contributed by atoms with Crippen LogP contribution in [0.3, 0.4) is 0 Å². The maximum atomic E-state index is 10.5. The normalized spacial score (nSPS) is 10.5. The van der Waals surface area contributed by atoms with Gasteiger partial charge in [0.15, 0.2) is 6.29 Å². The van der Waals surface area contributed by atoms with E-state index < -0.39 is 0 Å². The zero-order valence-corrected chi connectivity index (χ0v) is 14.0. The molecule has 5 nitrogen and oxygen atoms in total. The summed E-state index contributed by atoms with van der Waals surface area (Å²) in [5, 5.41) is 13.4. The Bertz CT molecular complexity index is 617. The molecule has 22 heavy (non-hydrogen) atoms. The molecule has 0 unspecified atom stereocenters. The summed E-state index contributed by atoms with van der Waals surface area (Å²) >= 11 is 1.55. The first-order chi connectivity index (χ1) is 10.7. The first-order valence-corrected chi connectivity index (χ1v) is 8.22. The second-order valence-corrected chi connectivity index (χ2v) is 6.09. The summed E-state index contributed by atoms with van der Waals surface area (Å²) < 4.78 is 5.47. The van der Waals surface area contributed by atoms with Crippen LogP contribution >= 0.6 is 11.3 Å². The van der Waals surface area contributed by atoms with Gasteiger partial charge in [0.2, 0.25) is 5.13 Å². The molecule has 0 saturated carbocycles. The molecule has 0 aliphatic carbocycles. The van der Waals surface area contributed by atoms with Crippen LogP contribution < -0.4 is 10.1 Å². The number of nitrogens with one attached hydrogen (secondary N) is 1. The lowest BCUT2D eigenvalue weighted by molar-refractivity contribution is -0.109. The summed E-state index contributed by atoms with van der Waals surface area (Å²) in [6.45, 7) is 7.09. The van der Waals surface area contributed by atoms with Gasteiger partial charge in [-0.05, 0) is 43.5 Å². The second-order valence-electron chi connectivity index (χ2n) is 5.11. The first kappa shape index (κ1) is 16.4. The molecule has 118 valence electrons. The first-order valence-electron chi connectivity index (χ1n) is 7.41. The van der Waals surface area contributed by atoms with E-state index in [0.717, 1.165) is 58.3 Å². The topological polar surface area (TPSA) is 64.1 Å². The van der Waals surface area contributed by atoms with Crippen LogP contribution in [0.1, 0.15) is 30.9 Å². The van der Waals surface area contributed by atoms with Crippen molar-refractivity contribution in [2.24, 2.45) is 0 Å². The van der Waals surface area contributed by atoms with Crippen molar-refractivity contribution < 1.29 is 9.53 Å². The van der Waals surface area contributed by atoms with Crippen molar-refractivity contribution >= 4 is 22.8 Å². The minimum absolute atomic E-state index is 0.0747. The summed E-state index contributed by atoms with van der Waals surface area (Å²) in [4.78, 5) is 10.5. The highest BCUT2D eigenvalue weighted by Gasteiger charge is 2.11. The Morgan fingerprint density at radius 3 is 2.64 bits per heavy atom. The van der Waals surface area contributed by atoms with Crippen LogP contribution in [-0.4, -0.2) is 29.6 Å². The van der Waals surface area contributed by atoms with Crippen LogP contribution in [-0.2, 0) is 4.79 Å². The zero-order valence-electron chi connectivity index (χ0n) is 13.2. The molecule has 0 amide bonds.